The Morgan fingerprint density at radius 3 is 2.00 bits per heavy atom. The van der Waals surface area contributed by atoms with E-state index in [4.69, 9.17) is 4.98 Å². The Kier molecular flexibility index (Phi) is 12.0. The molecule has 0 saturated carbocycles. The number of nitrogens with zero attached hydrogens (tertiary/aromatic N) is 1. The topological polar surface area (TPSA) is 12.9 Å². The summed E-state index contributed by atoms with van der Waals surface area (Å²) in [5, 5.41) is 0. The summed E-state index contributed by atoms with van der Waals surface area (Å²) in [5.41, 5.74) is 6.05. The van der Waals surface area contributed by atoms with Crippen LogP contribution in [0.4, 0.5) is 0 Å². The number of hydrogen-bond acceptors (Lipinski definition) is 1. The van der Waals surface area contributed by atoms with Crippen LogP contribution in [-0.4, -0.2) is 4.98 Å². The molecule has 0 unspecified atom stereocenters. The molecule has 0 fully saturated rings. The molecule has 0 aliphatic carbocycles. The minimum Gasteiger partial charge on any atom is -0.246 e. The highest BCUT2D eigenvalue weighted by Gasteiger charge is 2.13. The van der Waals surface area contributed by atoms with E-state index in [0.29, 0.717) is 6.42 Å². The van der Waals surface area contributed by atoms with Crippen LogP contribution >= 0.6 is 0 Å². The van der Waals surface area contributed by atoms with Crippen LogP contribution in [-0.2, 0) is 6.42 Å². The maximum absolute atomic E-state index is 5.09. The first-order valence-corrected chi connectivity index (χ1v) is 13.4. The van der Waals surface area contributed by atoms with Crippen LogP contribution in [0, 0.1) is 35.5 Å². The predicted octanol–water partition coefficient (Wildman–Crippen LogP) is 8.87. The fraction of sp³-hybridized carbons (Fsp3) is 0.343. The molecule has 0 atom stereocenters. The molecule has 1 nitrogen and oxygen atoms in total. The highest BCUT2D eigenvalue weighted by atomic mass is 14.7. The summed E-state index contributed by atoms with van der Waals surface area (Å²) in [6.45, 7) is 4.45. The molecule has 3 aromatic rings. The largest absolute Gasteiger partial charge is 0.246 e. The Bertz CT molecular complexity index is 1250. The van der Waals surface area contributed by atoms with E-state index in [1.165, 1.54) is 38.5 Å². The van der Waals surface area contributed by atoms with Gasteiger partial charge < -0.3 is 0 Å². The highest BCUT2D eigenvalue weighted by Crippen LogP contribution is 2.29. The molecule has 0 bridgehead atoms. The van der Waals surface area contributed by atoms with Crippen LogP contribution in [0.2, 0.25) is 0 Å². The van der Waals surface area contributed by atoms with Gasteiger partial charge in [0.25, 0.3) is 0 Å². The number of pyridine rings is 1. The zero-order valence-electron chi connectivity index (χ0n) is 21.9. The van der Waals surface area contributed by atoms with Crippen LogP contribution < -0.4 is 0 Å². The maximum atomic E-state index is 5.09. The summed E-state index contributed by atoms with van der Waals surface area (Å²) < 4.78 is 0. The van der Waals surface area contributed by atoms with E-state index in [-0.39, 0.29) is 0 Å². The van der Waals surface area contributed by atoms with Crippen molar-refractivity contribution in [3.63, 3.8) is 0 Å². The van der Waals surface area contributed by atoms with Gasteiger partial charge in [-0.2, -0.15) is 0 Å². The number of aromatic nitrogens is 1. The molecule has 0 spiro atoms. The molecule has 0 aliphatic heterocycles. The molecule has 0 aliphatic rings. The Morgan fingerprint density at radius 2 is 1.28 bits per heavy atom. The summed E-state index contributed by atoms with van der Waals surface area (Å²) in [6, 6.07) is 22.8. The summed E-state index contributed by atoms with van der Waals surface area (Å²) in [4.78, 5) is 5.09. The lowest BCUT2D eigenvalue weighted by molar-refractivity contribution is 0.679. The molecule has 182 valence electrons. The second-order valence-electron chi connectivity index (χ2n) is 8.97. The van der Waals surface area contributed by atoms with Crippen molar-refractivity contribution in [1.82, 2.24) is 4.98 Å². The van der Waals surface area contributed by atoms with Crippen LogP contribution in [0.1, 0.15) is 82.8 Å². The van der Waals surface area contributed by atoms with Gasteiger partial charge in [0.15, 0.2) is 0 Å². The Balaban J connectivity index is 2.00. The average Bonchev–Trinajstić information content (AvgIpc) is 2.93. The van der Waals surface area contributed by atoms with Crippen molar-refractivity contribution in [2.45, 2.75) is 78.1 Å². The van der Waals surface area contributed by atoms with E-state index in [2.05, 4.69) is 91.8 Å². The van der Waals surface area contributed by atoms with E-state index >= 15 is 0 Å². The fourth-order valence-corrected chi connectivity index (χ4v) is 3.99. The molecule has 0 N–H and O–H groups in total. The van der Waals surface area contributed by atoms with Crippen LogP contribution in [0.15, 0.2) is 66.7 Å². The Morgan fingerprint density at radius 1 is 0.639 bits per heavy atom. The highest BCUT2D eigenvalue weighted by molar-refractivity contribution is 5.74. The third kappa shape index (κ3) is 8.81. The monoisotopic (exact) mass is 471 g/mol. The minimum absolute atomic E-state index is 0.657. The first kappa shape index (κ1) is 26.9. The van der Waals surface area contributed by atoms with Gasteiger partial charge in [-0.05, 0) is 36.3 Å². The second-order valence-corrected chi connectivity index (χ2v) is 8.97. The second kappa shape index (κ2) is 16.0. The van der Waals surface area contributed by atoms with E-state index in [1.54, 1.807) is 0 Å². The zero-order chi connectivity index (χ0) is 25.3. The molecular formula is C35H37N. The minimum atomic E-state index is 0.657. The summed E-state index contributed by atoms with van der Waals surface area (Å²) in [6.07, 6.45) is 11.0. The Hall–Kier alpha value is -3.73. The lowest BCUT2D eigenvalue weighted by Crippen LogP contribution is -1.99. The molecule has 0 amide bonds. The van der Waals surface area contributed by atoms with Gasteiger partial charge in [0.1, 0.15) is 0 Å². The smallest absolute Gasteiger partial charge is 0.0869 e. The average molecular weight is 472 g/mol. The van der Waals surface area contributed by atoms with Crippen molar-refractivity contribution < 1.29 is 0 Å². The molecule has 0 saturated heterocycles. The van der Waals surface area contributed by atoms with E-state index in [0.717, 1.165) is 52.9 Å². The molecule has 2 aromatic carbocycles. The fourth-order valence-electron chi connectivity index (χ4n) is 3.99. The van der Waals surface area contributed by atoms with Gasteiger partial charge in [-0.3, -0.25) is 0 Å². The number of unbranched alkanes of at least 4 members (excludes halogenated alkanes) is 7. The molecule has 0 radical (unpaired) electrons. The van der Waals surface area contributed by atoms with Gasteiger partial charge in [-0.15, -0.1) is 5.92 Å². The van der Waals surface area contributed by atoms with Gasteiger partial charge in [0.2, 0.25) is 0 Å². The van der Waals surface area contributed by atoms with Crippen molar-refractivity contribution in [2.24, 2.45) is 0 Å². The summed E-state index contributed by atoms with van der Waals surface area (Å²) in [7, 11) is 0. The molecule has 1 aromatic heterocycles. The van der Waals surface area contributed by atoms with E-state index in [1.807, 2.05) is 24.3 Å². The van der Waals surface area contributed by atoms with Crippen molar-refractivity contribution in [3.05, 3.63) is 77.9 Å². The van der Waals surface area contributed by atoms with E-state index < -0.39 is 0 Å². The molecule has 3 rings (SSSR count). The first-order valence-electron chi connectivity index (χ1n) is 13.4. The lowest BCUT2D eigenvalue weighted by atomic mass is 9.96. The van der Waals surface area contributed by atoms with Crippen LogP contribution in [0.5, 0.6) is 0 Å². The first-order chi connectivity index (χ1) is 17.8. The number of hydrogen-bond donors (Lipinski definition) is 0. The molecule has 36 heavy (non-hydrogen) atoms. The number of rotatable bonds is 10. The third-order valence-electron chi connectivity index (χ3n) is 6.02. The van der Waals surface area contributed by atoms with Crippen LogP contribution in [0.3, 0.4) is 0 Å². The molecule has 1 heteroatoms. The van der Waals surface area contributed by atoms with E-state index in [9.17, 15) is 0 Å². The van der Waals surface area contributed by atoms with Gasteiger partial charge >= 0.3 is 0 Å². The van der Waals surface area contributed by atoms with Crippen molar-refractivity contribution in [3.8, 4) is 58.0 Å². The number of benzene rings is 2. The molecular weight excluding hydrogens is 434 g/mol. The van der Waals surface area contributed by atoms with Crippen molar-refractivity contribution in [1.29, 1.82) is 0 Å². The molecule has 1 heterocycles. The van der Waals surface area contributed by atoms with Crippen molar-refractivity contribution in [2.75, 3.05) is 0 Å². The standard InChI is InChI=1S/C35H37N/c1-3-5-7-9-11-13-17-27-32-29-34(30-23-18-15-19-24-30)36-35(31-25-20-16-21-26-31)33(32)28-22-14-12-10-8-6-4-2/h15-16,18-21,23-26,29H,3-11,27H2,1-2H3. The Labute approximate surface area is 218 Å². The summed E-state index contributed by atoms with van der Waals surface area (Å²) >= 11 is 0. The normalized spacial score (nSPS) is 9.83. The maximum Gasteiger partial charge on any atom is 0.0869 e. The third-order valence-corrected chi connectivity index (χ3v) is 6.02. The quantitative estimate of drug-likeness (QED) is 0.212. The predicted molar refractivity (Wildman–Crippen MR) is 154 cm³/mol. The van der Waals surface area contributed by atoms with Gasteiger partial charge in [-0.1, -0.05) is 124 Å². The lowest BCUT2D eigenvalue weighted by Gasteiger charge is -2.12. The van der Waals surface area contributed by atoms with Crippen molar-refractivity contribution >= 4 is 0 Å². The van der Waals surface area contributed by atoms with Crippen LogP contribution in [0.25, 0.3) is 22.5 Å². The zero-order valence-corrected chi connectivity index (χ0v) is 21.9. The van der Waals surface area contributed by atoms with Gasteiger partial charge in [0, 0.05) is 30.4 Å². The summed E-state index contributed by atoms with van der Waals surface area (Å²) in [5.74, 6) is 19.6. The SMILES string of the molecule is CCCCCC#CC#Cc1c(CC#CCCCCCC)cc(-c2ccccc2)nc1-c1ccccc1. The van der Waals surface area contributed by atoms with Gasteiger partial charge in [0.05, 0.1) is 17.0 Å². The van der Waals surface area contributed by atoms with Gasteiger partial charge in [-0.25, -0.2) is 4.98 Å².